The number of thiophene rings is 1. The molecule has 14 heavy (non-hydrogen) atoms. The zero-order valence-corrected chi connectivity index (χ0v) is 8.35. The number of halogens is 1. The Balaban J connectivity index is 2.58. The van der Waals surface area contributed by atoms with Gasteiger partial charge in [0.2, 0.25) is 0 Å². The molecule has 0 fully saturated rings. The summed E-state index contributed by atoms with van der Waals surface area (Å²) in [7, 11) is 0. The summed E-state index contributed by atoms with van der Waals surface area (Å²) in [4.78, 5) is 0. The summed E-state index contributed by atoms with van der Waals surface area (Å²) in [6.45, 7) is 3.68. The highest BCUT2D eigenvalue weighted by molar-refractivity contribution is 7.08. The second-order valence-electron chi connectivity index (χ2n) is 2.95. The van der Waals surface area contributed by atoms with Gasteiger partial charge in [-0.05, 0) is 45.6 Å². The highest BCUT2D eigenvalue weighted by Crippen LogP contribution is 2.27. The Morgan fingerprint density at radius 3 is 2.79 bits per heavy atom. The maximum absolute atomic E-state index is 12.9. The molecule has 0 amide bonds. The van der Waals surface area contributed by atoms with Gasteiger partial charge in [-0.15, -0.1) is 0 Å². The van der Waals surface area contributed by atoms with Gasteiger partial charge in [0.25, 0.3) is 0 Å². The smallest absolute Gasteiger partial charge is 0.123 e. The lowest BCUT2D eigenvalue weighted by Crippen LogP contribution is -1.82. The predicted molar refractivity (Wildman–Crippen MR) is 59.8 cm³/mol. The van der Waals surface area contributed by atoms with Gasteiger partial charge in [0.15, 0.2) is 0 Å². The van der Waals surface area contributed by atoms with E-state index in [0.717, 1.165) is 16.7 Å². The molecule has 1 heterocycles. The molecule has 70 valence electrons. The van der Waals surface area contributed by atoms with E-state index in [2.05, 4.69) is 6.58 Å². The maximum atomic E-state index is 12.9. The van der Waals surface area contributed by atoms with E-state index in [1.54, 1.807) is 23.5 Å². The largest absolute Gasteiger partial charge is 0.207 e. The van der Waals surface area contributed by atoms with Crippen LogP contribution in [0.5, 0.6) is 0 Å². The fourth-order valence-electron chi connectivity index (χ4n) is 1.38. The van der Waals surface area contributed by atoms with Crippen molar-refractivity contribution in [3.8, 4) is 11.1 Å². The van der Waals surface area contributed by atoms with E-state index in [1.165, 1.54) is 12.1 Å². The van der Waals surface area contributed by atoms with Crippen LogP contribution in [-0.2, 0) is 0 Å². The van der Waals surface area contributed by atoms with E-state index in [1.807, 2.05) is 16.8 Å². The monoisotopic (exact) mass is 204 g/mol. The summed E-state index contributed by atoms with van der Waals surface area (Å²) in [5, 5.41) is 4.05. The Labute approximate surface area is 86.3 Å². The van der Waals surface area contributed by atoms with Gasteiger partial charge in [0, 0.05) is 0 Å². The average Bonchev–Trinajstić information content (AvgIpc) is 2.70. The van der Waals surface area contributed by atoms with E-state index in [9.17, 15) is 4.39 Å². The van der Waals surface area contributed by atoms with Gasteiger partial charge in [0.05, 0.1) is 0 Å². The minimum absolute atomic E-state index is 0.223. The summed E-state index contributed by atoms with van der Waals surface area (Å²) in [6.07, 6.45) is 1.68. The molecule has 2 rings (SSSR count). The lowest BCUT2D eigenvalue weighted by molar-refractivity contribution is 0.627. The number of rotatable bonds is 2. The van der Waals surface area contributed by atoms with E-state index >= 15 is 0 Å². The molecule has 0 N–H and O–H groups in total. The molecule has 0 unspecified atom stereocenters. The first kappa shape index (κ1) is 9.16. The van der Waals surface area contributed by atoms with Gasteiger partial charge in [0.1, 0.15) is 5.82 Å². The molecule has 0 saturated carbocycles. The fourth-order valence-corrected chi connectivity index (χ4v) is 2.04. The molecule has 2 heteroatoms. The molecular formula is C12H9FS. The minimum Gasteiger partial charge on any atom is -0.207 e. The van der Waals surface area contributed by atoms with Crippen LogP contribution < -0.4 is 0 Å². The minimum atomic E-state index is -0.223. The van der Waals surface area contributed by atoms with Gasteiger partial charge in [-0.1, -0.05) is 18.7 Å². The van der Waals surface area contributed by atoms with Gasteiger partial charge in [-0.3, -0.25) is 0 Å². The van der Waals surface area contributed by atoms with Crippen LogP contribution in [0.15, 0.2) is 41.6 Å². The van der Waals surface area contributed by atoms with Crippen molar-refractivity contribution in [1.29, 1.82) is 0 Å². The highest BCUT2D eigenvalue weighted by atomic mass is 32.1. The molecule has 0 spiro atoms. The van der Waals surface area contributed by atoms with Crippen LogP contribution in [0.25, 0.3) is 17.2 Å². The zero-order chi connectivity index (χ0) is 9.97. The van der Waals surface area contributed by atoms with Crippen molar-refractivity contribution in [2.45, 2.75) is 0 Å². The molecule has 0 bridgehead atoms. The van der Waals surface area contributed by atoms with Crippen LogP contribution >= 0.6 is 11.3 Å². The Kier molecular flexibility index (Phi) is 2.46. The first-order valence-electron chi connectivity index (χ1n) is 4.26. The first-order valence-corrected chi connectivity index (χ1v) is 5.20. The quantitative estimate of drug-likeness (QED) is 0.687. The third-order valence-corrected chi connectivity index (χ3v) is 2.75. The average molecular weight is 204 g/mol. The standard InChI is InChI=1S/C12H9FS/c1-2-9-7-11(13)3-4-12(9)10-5-6-14-8-10/h2-8H,1H2. The van der Waals surface area contributed by atoms with Crippen LogP contribution in [0.3, 0.4) is 0 Å². The van der Waals surface area contributed by atoms with Gasteiger partial charge >= 0.3 is 0 Å². The molecule has 0 atom stereocenters. The number of hydrogen-bond acceptors (Lipinski definition) is 1. The zero-order valence-electron chi connectivity index (χ0n) is 7.53. The van der Waals surface area contributed by atoms with Gasteiger partial charge in [-0.2, -0.15) is 11.3 Å². The second-order valence-corrected chi connectivity index (χ2v) is 3.73. The van der Waals surface area contributed by atoms with Crippen molar-refractivity contribution >= 4 is 17.4 Å². The molecule has 1 aromatic carbocycles. The number of benzene rings is 1. The van der Waals surface area contributed by atoms with Crippen molar-refractivity contribution in [2.75, 3.05) is 0 Å². The summed E-state index contributed by atoms with van der Waals surface area (Å²) < 4.78 is 12.9. The molecule has 0 saturated heterocycles. The molecule has 0 nitrogen and oxygen atoms in total. The van der Waals surface area contributed by atoms with Crippen LogP contribution in [0.4, 0.5) is 4.39 Å². The Hall–Kier alpha value is -1.41. The van der Waals surface area contributed by atoms with Gasteiger partial charge in [-0.25, -0.2) is 4.39 Å². The third-order valence-electron chi connectivity index (χ3n) is 2.07. The van der Waals surface area contributed by atoms with Crippen LogP contribution in [0.2, 0.25) is 0 Å². The molecule has 0 aliphatic heterocycles. The van der Waals surface area contributed by atoms with Gasteiger partial charge < -0.3 is 0 Å². The van der Waals surface area contributed by atoms with Crippen LogP contribution in [0.1, 0.15) is 5.56 Å². The first-order chi connectivity index (χ1) is 6.81. The van der Waals surface area contributed by atoms with Crippen LogP contribution in [-0.4, -0.2) is 0 Å². The van der Waals surface area contributed by atoms with Crippen molar-refractivity contribution in [3.05, 3.63) is 53.0 Å². The molecule has 1 aromatic heterocycles. The van der Waals surface area contributed by atoms with Crippen molar-refractivity contribution in [1.82, 2.24) is 0 Å². The molecule has 2 aromatic rings. The Morgan fingerprint density at radius 1 is 1.29 bits per heavy atom. The normalized spacial score (nSPS) is 10.1. The summed E-state index contributed by atoms with van der Waals surface area (Å²) in [6, 6.07) is 6.78. The van der Waals surface area contributed by atoms with Crippen molar-refractivity contribution in [2.24, 2.45) is 0 Å². The molecule has 0 radical (unpaired) electrons. The number of hydrogen-bond donors (Lipinski definition) is 0. The molecular weight excluding hydrogens is 195 g/mol. The molecule has 0 aliphatic carbocycles. The molecule has 0 aliphatic rings. The second kappa shape index (κ2) is 3.76. The Bertz CT molecular complexity index is 443. The Morgan fingerprint density at radius 2 is 2.14 bits per heavy atom. The fraction of sp³-hybridized carbons (Fsp3) is 0. The topological polar surface area (TPSA) is 0 Å². The summed E-state index contributed by atoms with van der Waals surface area (Å²) >= 11 is 1.63. The summed E-state index contributed by atoms with van der Waals surface area (Å²) in [5.74, 6) is -0.223. The lowest BCUT2D eigenvalue weighted by Gasteiger charge is -2.03. The SMILES string of the molecule is C=Cc1cc(F)ccc1-c1ccsc1. The third kappa shape index (κ3) is 1.61. The highest BCUT2D eigenvalue weighted by Gasteiger charge is 2.03. The van der Waals surface area contributed by atoms with E-state index < -0.39 is 0 Å². The predicted octanol–water partition coefficient (Wildman–Crippen LogP) is 4.20. The van der Waals surface area contributed by atoms with E-state index in [-0.39, 0.29) is 5.82 Å². The van der Waals surface area contributed by atoms with E-state index in [0.29, 0.717) is 0 Å². The lowest BCUT2D eigenvalue weighted by atomic mass is 10.0. The van der Waals surface area contributed by atoms with Crippen molar-refractivity contribution < 1.29 is 4.39 Å². The maximum Gasteiger partial charge on any atom is 0.123 e. The van der Waals surface area contributed by atoms with Crippen LogP contribution in [0, 0.1) is 5.82 Å². The summed E-state index contributed by atoms with van der Waals surface area (Å²) in [5.41, 5.74) is 2.98. The van der Waals surface area contributed by atoms with Crippen molar-refractivity contribution in [3.63, 3.8) is 0 Å². The van der Waals surface area contributed by atoms with E-state index in [4.69, 9.17) is 0 Å².